The monoisotopic (exact) mass is 438 g/mol. The smallest absolute Gasteiger partial charge is 0.337 e. The Balaban J connectivity index is 2.18. The second kappa shape index (κ2) is 7.62. The molecule has 1 N–H and O–H groups in total. The minimum Gasteiger partial charge on any atom is -0.479 e. The van der Waals surface area contributed by atoms with Crippen LogP contribution in [0, 0.1) is 19.7 Å². The fraction of sp³-hybridized carbons (Fsp3) is 0.423. The summed E-state index contributed by atoms with van der Waals surface area (Å²) in [6, 6.07) is 8.66. The van der Waals surface area contributed by atoms with Crippen molar-refractivity contribution in [2.75, 3.05) is 18.5 Å². The van der Waals surface area contributed by atoms with Crippen molar-refractivity contribution < 1.29 is 19.0 Å². The van der Waals surface area contributed by atoms with Crippen LogP contribution in [0.5, 0.6) is 0 Å². The summed E-state index contributed by atoms with van der Waals surface area (Å²) in [5.74, 6) is -1.37. The molecule has 0 saturated heterocycles. The minimum atomic E-state index is -1.16. The molecule has 170 valence electrons. The number of carbonyl (C=O) groups is 1. The fourth-order valence-corrected chi connectivity index (χ4v) is 5.17. The predicted molar refractivity (Wildman–Crippen MR) is 126 cm³/mol. The molecule has 3 aromatic rings. The average Bonchev–Trinajstić information content (AvgIpc) is 3.01. The van der Waals surface area contributed by atoms with Crippen molar-refractivity contribution in [1.82, 2.24) is 4.57 Å². The van der Waals surface area contributed by atoms with Gasteiger partial charge in [0, 0.05) is 36.3 Å². The van der Waals surface area contributed by atoms with Gasteiger partial charge in [-0.2, -0.15) is 0 Å². The Bertz CT molecular complexity index is 1210. The number of aryl methyl sites for hydroxylation is 1. The molecule has 0 amide bonds. The van der Waals surface area contributed by atoms with Crippen molar-refractivity contribution in [2.45, 2.75) is 59.3 Å². The van der Waals surface area contributed by atoms with Crippen LogP contribution in [0.4, 0.5) is 10.1 Å². The molecule has 0 radical (unpaired) electrons. The number of aliphatic carboxylic acids is 1. The topological polar surface area (TPSA) is 54.7 Å². The van der Waals surface area contributed by atoms with Gasteiger partial charge in [0.2, 0.25) is 0 Å². The predicted octanol–water partition coefficient (Wildman–Crippen LogP) is 6.02. The van der Waals surface area contributed by atoms with Gasteiger partial charge in [-0.1, -0.05) is 12.1 Å². The fourth-order valence-electron chi connectivity index (χ4n) is 5.17. The maximum absolute atomic E-state index is 13.8. The van der Waals surface area contributed by atoms with Crippen LogP contribution < -0.4 is 4.90 Å². The SMILES string of the molecule is Cc1c([C@H](OC(C)(C)C)C(=O)O)c(-c2ccc(F)cc2)c2cc(C)n3c2c1N(C)CC3C. The Labute approximate surface area is 188 Å². The van der Waals surface area contributed by atoms with Crippen molar-refractivity contribution in [2.24, 2.45) is 0 Å². The number of anilines is 1. The lowest BCUT2D eigenvalue weighted by Gasteiger charge is -2.36. The zero-order valence-corrected chi connectivity index (χ0v) is 19.8. The summed E-state index contributed by atoms with van der Waals surface area (Å²) in [5.41, 5.74) is 5.64. The normalized spacial score (nSPS) is 17.1. The van der Waals surface area contributed by atoms with Gasteiger partial charge in [-0.15, -0.1) is 0 Å². The number of halogens is 1. The van der Waals surface area contributed by atoms with Crippen molar-refractivity contribution in [1.29, 1.82) is 0 Å². The van der Waals surface area contributed by atoms with Gasteiger partial charge < -0.3 is 19.3 Å². The molecule has 1 aliphatic rings. The summed E-state index contributed by atoms with van der Waals surface area (Å²) in [5, 5.41) is 11.2. The van der Waals surface area contributed by atoms with E-state index in [4.69, 9.17) is 4.74 Å². The zero-order chi connectivity index (χ0) is 23.5. The van der Waals surface area contributed by atoms with Crippen LogP contribution in [0.1, 0.15) is 56.7 Å². The van der Waals surface area contributed by atoms with E-state index < -0.39 is 17.7 Å². The molecule has 1 aliphatic heterocycles. The lowest BCUT2D eigenvalue weighted by molar-refractivity contribution is -0.160. The molecule has 0 aliphatic carbocycles. The van der Waals surface area contributed by atoms with Gasteiger partial charge in [0.05, 0.1) is 16.8 Å². The van der Waals surface area contributed by atoms with Crippen molar-refractivity contribution >= 4 is 22.6 Å². The van der Waals surface area contributed by atoms with E-state index in [0.29, 0.717) is 5.56 Å². The van der Waals surface area contributed by atoms with Crippen LogP contribution in [-0.4, -0.2) is 34.8 Å². The number of rotatable bonds is 4. The third kappa shape index (κ3) is 3.56. The van der Waals surface area contributed by atoms with E-state index >= 15 is 0 Å². The Morgan fingerprint density at radius 3 is 2.41 bits per heavy atom. The van der Waals surface area contributed by atoms with Crippen LogP contribution in [0.2, 0.25) is 0 Å². The second-order valence-electron chi connectivity index (χ2n) is 9.87. The number of hydrogen-bond donors (Lipinski definition) is 1. The molecule has 6 heteroatoms. The van der Waals surface area contributed by atoms with Crippen molar-refractivity contribution in [3.8, 4) is 11.1 Å². The molecule has 4 rings (SSSR count). The van der Waals surface area contributed by atoms with E-state index in [-0.39, 0.29) is 11.9 Å². The number of carboxylic acids is 1. The first-order chi connectivity index (χ1) is 14.9. The molecule has 0 saturated carbocycles. The highest BCUT2D eigenvalue weighted by Crippen LogP contribution is 2.48. The molecule has 1 unspecified atom stereocenters. The summed E-state index contributed by atoms with van der Waals surface area (Å²) in [6.07, 6.45) is -1.16. The molecule has 32 heavy (non-hydrogen) atoms. The summed E-state index contributed by atoms with van der Waals surface area (Å²) >= 11 is 0. The average molecular weight is 439 g/mol. The zero-order valence-electron chi connectivity index (χ0n) is 19.8. The molecule has 0 fully saturated rings. The van der Waals surface area contributed by atoms with Crippen LogP contribution >= 0.6 is 0 Å². The van der Waals surface area contributed by atoms with Gasteiger partial charge in [0.1, 0.15) is 5.82 Å². The van der Waals surface area contributed by atoms with Crippen molar-refractivity contribution in [3.05, 3.63) is 53.0 Å². The summed E-state index contributed by atoms with van der Waals surface area (Å²) < 4.78 is 22.2. The standard InChI is InChI=1S/C26H31FN2O3/c1-14-12-19-21(17-8-10-18(27)11-9-17)20(24(25(30)31)32-26(4,5)6)16(3)22-23(19)29(14)15(2)13-28(22)7/h8-12,15,24H,13H2,1-7H3,(H,30,31)/t15?,24-/m0/s1. The van der Waals surface area contributed by atoms with Crippen molar-refractivity contribution in [3.63, 3.8) is 0 Å². The molecule has 0 spiro atoms. The molecule has 1 aromatic heterocycles. The highest BCUT2D eigenvalue weighted by atomic mass is 19.1. The number of hydrogen-bond acceptors (Lipinski definition) is 3. The van der Waals surface area contributed by atoms with E-state index in [9.17, 15) is 14.3 Å². The third-order valence-electron chi connectivity index (χ3n) is 6.20. The number of aromatic nitrogens is 1. The number of likely N-dealkylation sites (N-methyl/N-ethyl adjacent to an activating group) is 1. The van der Waals surface area contributed by atoms with Crippen LogP contribution in [-0.2, 0) is 9.53 Å². The second-order valence-corrected chi connectivity index (χ2v) is 9.87. The first kappa shape index (κ1) is 22.3. The summed E-state index contributed by atoms with van der Waals surface area (Å²) in [4.78, 5) is 14.7. The molecular weight excluding hydrogens is 407 g/mol. The van der Waals surface area contributed by atoms with Crippen LogP contribution in [0.15, 0.2) is 30.3 Å². The van der Waals surface area contributed by atoms with E-state index in [1.807, 2.05) is 34.7 Å². The van der Waals surface area contributed by atoms with E-state index in [1.54, 1.807) is 12.1 Å². The van der Waals surface area contributed by atoms with Crippen LogP contribution in [0.3, 0.4) is 0 Å². The van der Waals surface area contributed by atoms with E-state index in [0.717, 1.165) is 45.5 Å². The molecule has 2 heterocycles. The highest BCUT2D eigenvalue weighted by molar-refractivity contribution is 6.07. The van der Waals surface area contributed by atoms with E-state index in [1.165, 1.54) is 12.1 Å². The Morgan fingerprint density at radius 2 is 1.84 bits per heavy atom. The number of nitrogens with zero attached hydrogens (tertiary/aromatic N) is 2. The molecular formula is C26H31FN2O3. The number of benzene rings is 2. The van der Waals surface area contributed by atoms with Gasteiger partial charge in [0.25, 0.3) is 0 Å². The summed E-state index contributed by atoms with van der Waals surface area (Å²) in [6.45, 7) is 12.6. The maximum Gasteiger partial charge on any atom is 0.337 e. The van der Waals surface area contributed by atoms with E-state index in [2.05, 4.69) is 29.4 Å². The van der Waals surface area contributed by atoms with Gasteiger partial charge >= 0.3 is 5.97 Å². The minimum absolute atomic E-state index is 0.275. The van der Waals surface area contributed by atoms with Gasteiger partial charge in [-0.3, -0.25) is 0 Å². The van der Waals surface area contributed by atoms with Gasteiger partial charge in [-0.25, -0.2) is 9.18 Å². The highest BCUT2D eigenvalue weighted by Gasteiger charge is 2.36. The largest absolute Gasteiger partial charge is 0.479 e. The first-order valence-electron chi connectivity index (χ1n) is 11.0. The third-order valence-corrected chi connectivity index (χ3v) is 6.20. The van der Waals surface area contributed by atoms with Gasteiger partial charge in [0.15, 0.2) is 6.10 Å². The number of carboxylic acid groups (broad SMARTS) is 1. The molecule has 2 aromatic carbocycles. The lowest BCUT2D eigenvalue weighted by Crippen LogP contribution is -2.33. The maximum atomic E-state index is 13.8. The summed E-state index contributed by atoms with van der Waals surface area (Å²) in [7, 11) is 2.05. The quantitative estimate of drug-likeness (QED) is 0.541. The molecule has 2 atom stereocenters. The first-order valence-corrected chi connectivity index (χ1v) is 11.0. The Hall–Kier alpha value is -2.86. The van der Waals surface area contributed by atoms with Gasteiger partial charge in [-0.05, 0) is 76.4 Å². The lowest BCUT2D eigenvalue weighted by atomic mass is 9.87. The van der Waals surface area contributed by atoms with Crippen LogP contribution in [0.25, 0.3) is 22.0 Å². The Kier molecular flexibility index (Phi) is 5.32. The number of ether oxygens (including phenoxy) is 1. The molecule has 0 bridgehead atoms. The Morgan fingerprint density at radius 1 is 1.22 bits per heavy atom. The molecule has 5 nitrogen and oxygen atoms in total.